The van der Waals surface area contributed by atoms with Crippen molar-refractivity contribution in [2.24, 2.45) is 0 Å². The molecule has 6 nitrogen and oxygen atoms in total. The lowest BCUT2D eigenvalue weighted by Crippen LogP contribution is -2.18. The van der Waals surface area contributed by atoms with Gasteiger partial charge in [0, 0.05) is 17.8 Å². The molecule has 0 radical (unpaired) electrons. The average molecular weight is 400 g/mol. The summed E-state index contributed by atoms with van der Waals surface area (Å²) in [4.78, 5) is 17.3. The number of amides is 1. The summed E-state index contributed by atoms with van der Waals surface area (Å²) in [6.07, 6.45) is -0.483. The van der Waals surface area contributed by atoms with Crippen LogP contribution in [0.4, 0.5) is 11.6 Å². The SMILES string of the molecule is CC(O)CNc1nc2ccccc2n1Cc1cccc(C(=O)Nc2ccccc2)c1. The average Bonchev–Trinajstić information content (AvgIpc) is 3.10. The summed E-state index contributed by atoms with van der Waals surface area (Å²) < 4.78 is 2.06. The first kappa shape index (κ1) is 19.7. The van der Waals surface area contributed by atoms with E-state index in [2.05, 4.69) is 20.2 Å². The van der Waals surface area contributed by atoms with E-state index < -0.39 is 6.10 Å². The highest BCUT2D eigenvalue weighted by Crippen LogP contribution is 2.22. The van der Waals surface area contributed by atoms with E-state index in [4.69, 9.17) is 0 Å². The van der Waals surface area contributed by atoms with Gasteiger partial charge < -0.3 is 20.3 Å². The van der Waals surface area contributed by atoms with Crippen molar-refractivity contribution in [2.45, 2.75) is 19.6 Å². The van der Waals surface area contributed by atoms with Gasteiger partial charge in [-0.25, -0.2) is 4.98 Å². The molecular formula is C24H24N4O2. The monoisotopic (exact) mass is 400 g/mol. The lowest BCUT2D eigenvalue weighted by molar-refractivity contribution is 0.102. The van der Waals surface area contributed by atoms with Crippen LogP contribution in [0.25, 0.3) is 11.0 Å². The standard InChI is InChI=1S/C24H24N4O2/c1-17(29)15-25-24-27-21-12-5-6-13-22(21)28(24)16-18-8-7-9-19(14-18)23(30)26-20-10-3-2-4-11-20/h2-14,17,29H,15-16H2,1H3,(H,25,27)(H,26,30). The number of rotatable bonds is 7. The van der Waals surface area contributed by atoms with E-state index in [1.54, 1.807) is 13.0 Å². The van der Waals surface area contributed by atoms with Gasteiger partial charge in [0.1, 0.15) is 0 Å². The first-order chi connectivity index (χ1) is 14.6. The Labute approximate surface area is 175 Å². The topological polar surface area (TPSA) is 79.2 Å². The summed E-state index contributed by atoms with van der Waals surface area (Å²) in [5.74, 6) is 0.544. The molecule has 0 aliphatic carbocycles. The Morgan fingerprint density at radius 2 is 1.80 bits per heavy atom. The molecule has 4 aromatic rings. The zero-order valence-electron chi connectivity index (χ0n) is 16.7. The summed E-state index contributed by atoms with van der Waals surface area (Å²) in [5.41, 5.74) is 4.21. The van der Waals surface area contributed by atoms with Crippen LogP contribution in [-0.2, 0) is 6.54 Å². The number of carbonyl (C=O) groups is 1. The number of carbonyl (C=O) groups excluding carboxylic acids is 1. The zero-order chi connectivity index (χ0) is 20.9. The van der Waals surface area contributed by atoms with Gasteiger partial charge in [-0.1, -0.05) is 42.5 Å². The second kappa shape index (κ2) is 8.80. The van der Waals surface area contributed by atoms with Gasteiger partial charge >= 0.3 is 0 Å². The third kappa shape index (κ3) is 4.50. The molecular weight excluding hydrogens is 376 g/mol. The number of anilines is 2. The lowest BCUT2D eigenvalue weighted by Gasteiger charge is -2.13. The molecule has 1 heterocycles. The van der Waals surface area contributed by atoms with Crippen LogP contribution in [0.3, 0.4) is 0 Å². The molecule has 6 heteroatoms. The van der Waals surface area contributed by atoms with Gasteiger partial charge in [-0.3, -0.25) is 4.79 Å². The van der Waals surface area contributed by atoms with Gasteiger partial charge in [-0.15, -0.1) is 0 Å². The molecule has 1 atom stereocenters. The van der Waals surface area contributed by atoms with E-state index >= 15 is 0 Å². The number of hydrogen-bond donors (Lipinski definition) is 3. The molecule has 1 amide bonds. The van der Waals surface area contributed by atoms with E-state index in [1.165, 1.54) is 0 Å². The predicted octanol–water partition coefficient (Wildman–Crippen LogP) is 4.13. The Morgan fingerprint density at radius 1 is 1.03 bits per heavy atom. The van der Waals surface area contributed by atoms with Crippen LogP contribution in [0, 0.1) is 0 Å². The van der Waals surface area contributed by atoms with Crippen LogP contribution >= 0.6 is 0 Å². The fraction of sp³-hybridized carbons (Fsp3) is 0.167. The minimum absolute atomic E-state index is 0.147. The Bertz CT molecular complexity index is 1150. The minimum atomic E-state index is -0.483. The zero-order valence-corrected chi connectivity index (χ0v) is 16.7. The maximum Gasteiger partial charge on any atom is 0.255 e. The van der Waals surface area contributed by atoms with Crippen molar-refractivity contribution in [1.29, 1.82) is 0 Å². The number of aliphatic hydroxyl groups is 1. The van der Waals surface area contributed by atoms with Crippen LogP contribution in [0.2, 0.25) is 0 Å². The first-order valence-electron chi connectivity index (χ1n) is 9.93. The number of hydrogen-bond acceptors (Lipinski definition) is 4. The summed E-state index contributed by atoms with van der Waals surface area (Å²) in [6.45, 7) is 2.69. The molecule has 0 bridgehead atoms. The maximum atomic E-state index is 12.7. The summed E-state index contributed by atoms with van der Waals surface area (Å²) in [7, 11) is 0. The number of aliphatic hydroxyl groups excluding tert-OH is 1. The summed E-state index contributed by atoms with van der Waals surface area (Å²) in [5, 5.41) is 15.8. The van der Waals surface area contributed by atoms with Crippen molar-refractivity contribution in [3.05, 3.63) is 90.0 Å². The third-order valence-corrected chi connectivity index (χ3v) is 4.77. The molecule has 3 N–H and O–H groups in total. The number of fused-ring (bicyclic) bond motifs is 1. The maximum absolute atomic E-state index is 12.7. The molecule has 30 heavy (non-hydrogen) atoms. The summed E-state index contributed by atoms with van der Waals surface area (Å²) >= 11 is 0. The molecule has 0 aliphatic heterocycles. The van der Waals surface area contributed by atoms with Crippen LogP contribution in [0.15, 0.2) is 78.9 Å². The second-order valence-electron chi connectivity index (χ2n) is 7.26. The molecule has 1 unspecified atom stereocenters. The Balaban J connectivity index is 1.60. The number of nitrogens with one attached hydrogen (secondary N) is 2. The normalized spacial score (nSPS) is 11.9. The highest BCUT2D eigenvalue weighted by molar-refractivity contribution is 6.04. The van der Waals surface area contributed by atoms with Gasteiger partial charge in [0.15, 0.2) is 0 Å². The third-order valence-electron chi connectivity index (χ3n) is 4.77. The van der Waals surface area contributed by atoms with E-state index in [1.807, 2.05) is 72.8 Å². The van der Waals surface area contributed by atoms with E-state index in [-0.39, 0.29) is 5.91 Å². The van der Waals surface area contributed by atoms with Crippen LogP contribution < -0.4 is 10.6 Å². The van der Waals surface area contributed by atoms with E-state index in [9.17, 15) is 9.90 Å². The van der Waals surface area contributed by atoms with Gasteiger partial charge in [0.25, 0.3) is 5.91 Å². The Kier molecular flexibility index (Phi) is 5.77. The fourth-order valence-electron chi connectivity index (χ4n) is 3.33. The Hall–Kier alpha value is -3.64. The Morgan fingerprint density at radius 3 is 2.60 bits per heavy atom. The minimum Gasteiger partial charge on any atom is -0.392 e. The van der Waals surface area contributed by atoms with Crippen LogP contribution in [0.1, 0.15) is 22.8 Å². The largest absolute Gasteiger partial charge is 0.392 e. The van der Waals surface area contributed by atoms with Gasteiger partial charge in [0.05, 0.1) is 23.7 Å². The van der Waals surface area contributed by atoms with Crippen molar-refractivity contribution in [2.75, 3.05) is 17.2 Å². The number of nitrogens with zero attached hydrogens (tertiary/aromatic N) is 2. The number of para-hydroxylation sites is 3. The predicted molar refractivity (Wildman–Crippen MR) is 120 cm³/mol. The quantitative estimate of drug-likeness (QED) is 0.436. The van der Waals surface area contributed by atoms with Crippen molar-refractivity contribution in [3.8, 4) is 0 Å². The van der Waals surface area contributed by atoms with Gasteiger partial charge in [-0.2, -0.15) is 0 Å². The first-order valence-corrected chi connectivity index (χ1v) is 9.93. The van der Waals surface area contributed by atoms with Gasteiger partial charge in [0.2, 0.25) is 5.95 Å². The van der Waals surface area contributed by atoms with Crippen LogP contribution in [0.5, 0.6) is 0 Å². The molecule has 0 fully saturated rings. The number of imidazole rings is 1. The molecule has 0 saturated heterocycles. The number of aromatic nitrogens is 2. The second-order valence-corrected chi connectivity index (χ2v) is 7.26. The molecule has 4 rings (SSSR count). The molecule has 3 aromatic carbocycles. The highest BCUT2D eigenvalue weighted by atomic mass is 16.3. The lowest BCUT2D eigenvalue weighted by atomic mass is 10.1. The molecule has 0 aliphatic rings. The molecule has 0 saturated carbocycles. The van der Waals surface area contributed by atoms with E-state index in [0.717, 1.165) is 22.3 Å². The molecule has 1 aromatic heterocycles. The fourth-order valence-corrected chi connectivity index (χ4v) is 3.33. The van der Waals surface area contributed by atoms with Gasteiger partial charge in [-0.05, 0) is 48.9 Å². The van der Waals surface area contributed by atoms with Crippen molar-refractivity contribution in [1.82, 2.24) is 9.55 Å². The number of benzene rings is 3. The smallest absolute Gasteiger partial charge is 0.255 e. The molecule has 0 spiro atoms. The van der Waals surface area contributed by atoms with Crippen molar-refractivity contribution < 1.29 is 9.90 Å². The van der Waals surface area contributed by atoms with Crippen LogP contribution in [-0.4, -0.2) is 33.2 Å². The van der Waals surface area contributed by atoms with Crippen molar-refractivity contribution in [3.63, 3.8) is 0 Å². The van der Waals surface area contributed by atoms with E-state index in [0.29, 0.717) is 24.6 Å². The van der Waals surface area contributed by atoms with Crippen molar-refractivity contribution >= 4 is 28.6 Å². The molecule has 152 valence electrons. The highest BCUT2D eigenvalue weighted by Gasteiger charge is 2.13. The summed E-state index contributed by atoms with van der Waals surface area (Å²) in [6, 6.07) is 24.9.